The second-order valence-corrected chi connectivity index (χ2v) is 7.19. The van der Waals surface area contributed by atoms with E-state index in [-0.39, 0.29) is 5.56 Å². The van der Waals surface area contributed by atoms with E-state index in [1.54, 1.807) is 22.2 Å². The predicted octanol–water partition coefficient (Wildman–Crippen LogP) is 4.51. The van der Waals surface area contributed by atoms with Crippen LogP contribution in [0.1, 0.15) is 4.88 Å². The Balaban J connectivity index is 1.67. The first kappa shape index (κ1) is 16.5. The number of hydrogen-bond acceptors (Lipinski definition) is 4. The van der Waals surface area contributed by atoms with Crippen LogP contribution >= 0.6 is 11.3 Å². The number of ether oxygens (including phenoxy) is 1. The van der Waals surface area contributed by atoms with Crippen molar-refractivity contribution in [2.75, 3.05) is 6.61 Å². The van der Waals surface area contributed by atoms with Crippen LogP contribution in [0.5, 0.6) is 5.75 Å². The summed E-state index contributed by atoms with van der Waals surface area (Å²) in [6, 6.07) is 19.6. The fourth-order valence-corrected chi connectivity index (χ4v) is 4.03. The van der Waals surface area contributed by atoms with E-state index in [1.807, 2.05) is 67.6 Å². The number of benzene rings is 2. The Kier molecular flexibility index (Phi) is 4.54. The highest BCUT2D eigenvalue weighted by Gasteiger charge is 2.16. The van der Waals surface area contributed by atoms with Crippen molar-refractivity contribution >= 4 is 21.6 Å². The third kappa shape index (κ3) is 3.13. The third-order valence-corrected chi connectivity index (χ3v) is 5.27. The molecule has 0 aliphatic heterocycles. The zero-order valence-corrected chi connectivity index (χ0v) is 15.2. The summed E-state index contributed by atoms with van der Waals surface area (Å²) >= 11 is 1.56. The van der Waals surface area contributed by atoms with Gasteiger partial charge in [0, 0.05) is 10.4 Å². The minimum atomic E-state index is -0.0186. The van der Waals surface area contributed by atoms with Gasteiger partial charge in [0.1, 0.15) is 17.2 Å². The highest BCUT2D eigenvalue weighted by Crippen LogP contribution is 2.35. The summed E-state index contributed by atoms with van der Waals surface area (Å²) < 4.78 is 7.34. The smallest absolute Gasteiger partial charge is 0.262 e. The van der Waals surface area contributed by atoms with Crippen molar-refractivity contribution in [2.45, 2.75) is 13.5 Å². The molecule has 0 spiro atoms. The van der Waals surface area contributed by atoms with Crippen LogP contribution in [-0.4, -0.2) is 16.2 Å². The molecule has 2 aromatic heterocycles. The van der Waals surface area contributed by atoms with E-state index in [0.29, 0.717) is 18.5 Å². The van der Waals surface area contributed by atoms with Crippen LogP contribution in [0.4, 0.5) is 0 Å². The van der Waals surface area contributed by atoms with Gasteiger partial charge in [-0.3, -0.25) is 9.36 Å². The standard InChI is InChI=1S/C21H18N2O2S/c1-15-18(16-8-4-2-5-9-16)19-20(26-15)22-14-23(21(19)24)12-13-25-17-10-6-3-7-11-17/h2-11,14H,12-13H2,1H3. The van der Waals surface area contributed by atoms with Crippen molar-refractivity contribution in [3.05, 3.63) is 82.2 Å². The molecule has 2 heterocycles. The van der Waals surface area contributed by atoms with Crippen molar-refractivity contribution in [3.63, 3.8) is 0 Å². The lowest BCUT2D eigenvalue weighted by atomic mass is 10.0. The first-order valence-electron chi connectivity index (χ1n) is 8.46. The molecule has 0 bridgehead atoms. The van der Waals surface area contributed by atoms with Crippen LogP contribution in [-0.2, 0) is 6.54 Å². The molecular weight excluding hydrogens is 344 g/mol. The molecule has 2 aromatic carbocycles. The summed E-state index contributed by atoms with van der Waals surface area (Å²) in [5.74, 6) is 0.797. The van der Waals surface area contributed by atoms with E-state index in [4.69, 9.17) is 4.74 Å². The van der Waals surface area contributed by atoms with Gasteiger partial charge in [-0.1, -0.05) is 48.5 Å². The van der Waals surface area contributed by atoms with E-state index in [2.05, 4.69) is 4.98 Å². The van der Waals surface area contributed by atoms with Crippen LogP contribution in [0.2, 0.25) is 0 Å². The maximum absolute atomic E-state index is 13.1. The van der Waals surface area contributed by atoms with Crippen molar-refractivity contribution in [2.24, 2.45) is 0 Å². The van der Waals surface area contributed by atoms with Crippen molar-refractivity contribution < 1.29 is 4.74 Å². The van der Waals surface area contributed by atoms with Gasteiger partial charge >= 0.3 is 0 Å². The fourth-order valence-electron chi connectivity index (χ4n) is 3.03. The number of fused-ring (bicyclic) bond motifs is 1. The second kappa shape index (κ2) is 7.14. The molecule has 0 fully saturated rings. The Bertz CT molecular complexity index is 1090. The van der Waals surface area contributed by atoms with Crippen molar-refractivity contribution in [1.29, 1.82) is 0 Å². The Labute approximate surface area is 155 Å². The first-order chi connectivity index (χ1) is 12.7. The van der Waals surface area contributed by atoms with Crippen molar-refractivity contribution in [3.8, 4) is 16.9 Å². The van der Waals surface area contributed by atoms with E-state index in [1.165, 1.54) is 0 Å². The van der Waals surface area contributed by atoms with E-state index >= 15 is 0 Å². The molecule has 0 aliphatic carbocycles. The van der Waals surface area contributed by atoms with E-state index < -0.39 is 0 Å². The largest absolute Gasteiger partial charge is 0.492 e. The van der Waals surface area contributed by atoms with Crippen LogP contribution in [0.3, 0.4) is 0 Å². The van der Waals surface area contributed by atoms with Gasteiger partial charge < -0.3 is 4.74 Å². The molecule has 0 saturated heterocycles. The maximum atomic E-state index is 13.1. The lowest BCUT2D eigenvalue weighted by Gasteiger charge is -2.08. The summed E-state index contributed by atoms with van der Waals surface area (Å²) in [5.41, 5.74) is 2.02. The van der Waals surface area contributed by atoms with Crippen LogP contribution < -0.4 is 10.3 Å². The van der Waals surface area contributed by atoms with Gasteiger partial charge in [-0.25, -0.2) is 4.98 Å². The number of hydrogen-bond donors (Lipinski definition) is 0. The highest BCUT2D eigenvalue weighted by atomic mass is 32.1. The van der Waals surface area contributed by atoms with Crippen LogP contribution in [0, 0.1) is 6.92 Å². The Morgan fingerprint density at radius 1 is 1.04 bits per heavy atom. The number of rotatable bonds is 5. The zero-order chi connectivity index (χ0) is 17.9. The Hall–Kier alpha value is -2.92. The van der Waals surface area contributed by atoms with Gasteiger partial charge in [0.15, 0.2) is 0 Å². The molecule has 0 aliphatic rings. The molecule has 4 aromatic rings. The lowest BCUT2D eigenvalue weighted by Crippen LogP contribution is -2.23. The average Bonchev–Trinajstić information content (AvgIpc) is 3.02. The molecule has 0 N–H and O–H groups in total. The van der Waals surface area contributed by atoms with Crippen LogP contribution in [0.15, 0.2) is 71.8 Å². The zero-order valence-electron chi connectivity index (χ0n) is 14.4. The number of thiophene rings is 1. The molecular formula is C21H18N2O2S. The summed E-state index contributed by atoms with van der Waals surface area (Å²) in [5, 5.41) is 0.695. The van der Waals surface area contributed by atoms with Crippen molar-refractivity contribution in [1.82, 2.24) is 9.55 Å². The van der Waals surface area contributed by atoms with Gasteiger partial charge in [0.25, 0.3) is 5.56 Å². The van der Waals surface area contributed by atoms with Gasteiger partial charge in [-0.05, 0) is 24.6 Å². The SMILES string of the molecule is Cc1sc2ncn(CCOc3ccccc3)c(=O)c2c1-c1ccccc1. The summed E-state index contributed by atoms with van der Waals surface area (Å²) in [4.78, 5) is 19.4. The number of para-hydroxylation sites is 1. The maximum Gasteiger partial charge on any atom is 0.262 e. The number of nitrogens with zero attached hydrogens (tertiary/aromatic N) is 2. The summed E-state index contributed by atoms with van der Waals surface area (Å²) in [6.45, 7) is 2.91. The summed E-state index contributed by atoms with van der Waals surface area (Å²) in [7, 11) is 0. The number of aryl methyl sites for hydroxylation is 1. The predicted molar refractivity (Wildman–Crippen MR) is 106 cm³/mol. The molecule has 130 valence electrons. The quantitative estimate of drug-likeness (QED) is 0.525. The topological polar surface area (TPSA) is 44.1 Å². The van der Waals surface area contributed by atoms with Gasteiger partial charge in [0.05, 0.1) is 18.3 Å². The van der Waals surface area contributed by atoms with E-state index in [9.17, 15) is 4.79 Å². The van der Waals surface area contributed by atoms with E-state index in [0.717, 1.165) is 26.6 Å². The number of aromatic nitrogens is 2. The first-order valence-corrected chi connectivity index (χ1v) is 9.27. The highest BCUT2D eigenvalue weighted by molar-refractivity contribution is 7.19. The van der Waals surface area contributed by atoms with Gasteiger partial charge in [-0.2, -0.15) is 0 Å². The van der Waals surface area contributed by atoms with Gasteiger partial charge in [-0.15, -0.1) is 11.3 Å². The van der Waals surface area contributed by atoms with Crippen LogP contribution in [0.25, 0.3) is 21.3 Å². The monoisotopic (exact) mass is 362 g/mol. The molecule has 0 unspecified atom stereocenters. The molecule has 4 nitrogen and oxygen atoms in total. The average molecular weight is 362 g/mol. The Morgan fingerprint density at radius 2 is 1.73 bits per heavy atom. The minimum Gasteiger partial charge on any atom is -0.492 e. The van der Waals surface area contributed by atoms with Gasteiger partial charge in [0.2, 0.25) is 0 Å². The molecule has 0 atom stereocenters. The second-order valence-electron chi connectivity index (χ2n) is 5.98. The Morgan fingerprint density at radius 3 is 2.46 bits per heavy atom. The molecule has 4 rings (SSSR count). The molecule has 0 saturated carbocycles. The minimum absolute atomic E-state index is 0.0186. The molecule has 0 radical (unpaired) electrons. The third-order valence-electron chi connectivity index (χ3n) is 4.26. The lowest BCUT2D eigenvalue weighted by molar-refractivity contribution is 0.296. The normalized spacial score (nSPS) is 11.0. The summed E-state index contributed by atoms with van der Waals surface area (Å²) in [6.07, 6.45) is 1.61. The molecule has 5 heteroatoms. The molecule has 26 heavy (non-hydrogen) atoms. The molecule has 0 amide bonds. The fraction of sp³-hybridized carbons (Fsp3) is 0.143.